The van der Waals surface area contributed by atoms with Crippen molar-refractivity contribution in [3.05, 3.63) is 43.0 Å². The average molecular weight is 206 g/mol. The molecule has 0 bridgehead atoms. The Morgan fingerprint density at radius 2 is 2.00 bits per heavy atom. The van der Waals surface area contributed by atoms with Crippen LogP contribution in [0.4, 0.5) is 0 Å². The molecule has 1 heteroatoms. The molecule has 0 fully saturated rings. The maximum absolute atomic E-state index is 3.85. The second kappa shape index (κ2) is 6.79. The minimum absolute atomic E-state index is 0.0202. The Morgan fingerprint density at radius 3 is 2.57 bits per heavy atom. The standard InChI is InChI=1S/C13H19P/c1-3-5-12-14(11-4-2)13-9-7-6-8-10-13/h4,6-10H,2-3,5,11-12H2,1H3. The quantitative estimate of drug-likeness (QED) is 0.491. The zero-order valence-corrected chi connectivity index (χ0v) is 9.84. The lowest BCUT2D eigenvalue weighted by molar-refractivity contribution is 0.892. The normalized spacial score (nSPS) is 12.4. The molecule has 1 unspecified atom stereocenters. The summed E-state index contributed by atoms with van der Waals surface area (Å²) in [5.41, 5.74) is 0. The van der Waals surface area contributed by atoms with E-state index >= 15 is 0 Å². The summed E-state index contributed by atoms with van der Waals surface area (Å²) in [5.74, 6) is 0. The first-order chi connectivity index (χ1) is 6.88. The Morgan fingerprint density at radius 1 is 1.29 bits per heavy atom. The van der Waals surface area contributed by atoms with Crippen molar-refractivity contribution in [2.24, 2.45) is 0 Å². The summed E-state index contributed by atoms with van der Waals surface area (Å²) in [4.78, 5) is 0. The van der Waals surface area contributed by atoms with Gasteiger partial charge in [-0.25, -0.2) is 0 Å². The highest BCUT2D eigenvalue weighted by Gasteiger charge is 2.07. The molecule has 1 aromatic rings. The van der Waals surface area contributed by atoms with Crippen molar-refractivity contribution in [1.29, 1.82) is 0 Å². The van der Waals surface area contributed by atoms with Gasteiger partial charge in [0.1, 0.15) is 0 Å². The predicted octanol–water partition coefficient (Wildman–Crippen LogP) is 3.78. The molecule has 0 aromatic heterocycles. The molecule has 1 aromatic carbocycles. The highest BCUT2D eigenvalue weighted by atomic mass is 31.1. The number of benzene rings is 1. The van der Waals surface area contributed by atoms with E-state index in [9.17, 15) is 0 Å². The first-order valence-corrected chi connectivity index (χ1v) is 7.00. The highest BCUT2D eigenvalue weighted by molar-refractivity contribution is 7.65. The molecule has 0 nitrogen and oxygen atoms in total. The van der Waals surface area contributed by atoms with Crippen LogP contribution < -0.4 is 5.30 Å². The van der Waals surface area contributed by atoms with E-state index < -0.39 is 0 Å². The Labute approximate surface area is 88.8 Å². The van der Waals surface area contributed by atoms with E-state index in [0.29, 0.717) is 0 Å². The van der Waals surface area contributed by atoms with Crippen LogP contribution in [0.15, 0.2) is 43.0 Å². The molecule has 0 heterocycles. The van der Waals surface area contributed by atoms with Crippen molar-refractivity contribution >= 4 is 13.2 Å². The summed E-state index contributed by atoms with van der Waals surface area (Å²) in [6.45, 7) is 6.11. The molecule has 0 saturated heterocycles. The van der Waals surface area contributed by atoms with Gasteiger partial charge in [-0.3, -0.25) is 0 Å². The first kappa shape index (κ1) is 11.5. The van der Waals surface area contributed by atoms with E-state index in [1.54, 1.807) is 0 Å². The number of unbranched alkanes of at least 4 members (excludes halogenated alkanes) is 1. The third-order valence-electron chi connectivity index (χ3n) is 2.25. The molecule has 0 aliphatic rings. The second-order valence-corrected chi connectivity index (χ2v) is 5.83. The van der Waals surface area contributed by atoms with Crippen LogP contribution in [0.3, 0.4) is 0 Å². The molecule has 76 valence electrons. The maximum Gasteiger partial charge on any atom is -0.0107 e. The Bertz CT molecular complexity index is 253. The molecule has 0 amide bonds. The number of allylic oxidation sites excluding steroid dienone is 1. The zero-order chi connectivity index (χ0) is 10.2. The SMILES string of the molecule is C=CCP(CCCC)c1ccccc1. The van der Waals surface area contributed by atoms with Crippen LogP contribution in [0, 0.1) is 0 Å². The van der Waals surface area contributed by atoms with Gasteiger partial charge < -0.3 is 0 Å². The molecule has 0 spiro atoms. The summed E-state index contributed by atoms with van der Waals surface area (Å²) < 4.78 is 0. The molecular formula is C13H19P. The molecule has 14 heavy (non-hydrogen) atoms. The van der Waals surface area contributed by atoms with Crippen molar-refractivity contribution < 1.29 is 0 Å². The van der Waals surface area contributed by atoms with Gasteiger partial charge in [0.2, 0.25) is 0 Å². The maximum atomic E-state index is 3.85. The molecule has 1 atom stereocenters. The summed E-state index contributed by atoms with van der Waals surface area (Å²) in [6.07, 6.45) is 7.22. The van der Waals surface area contributed by atoms with Crippen LogP contribution >= 0.6 is 7.92 Å². The van der Waals surface area contributed by atoms with E-state index in [1.807, 2.05) is 0 Å². The number of rotatable bonds is 6. The van der Waals surface area contributed by atoms with Crippen LogP contribution in [0.2, 0.25) is 0 Å². The van der Waals surface area contributed by atoms with Gasteiger partial charge in [0.05, 0.1) is 0 Å². The van der Waals surface area contributed by atoms with Gasteiger partial charge in [0.25, 0.3) is 0 Å². The molecule has 0 aliphatic heterocycles. The Kier molecular flexibility index (Phi) is 5.56. The lowest BCUT2D eigenvalue weighted by Crippen LogP contribution is -2.04. The topological polar surface area (TPSA) is 0 Å². The van der Waals surface area contributed by atoms with Crippen LogP contribution in [-0.4, -0.2) is 12.3 Å². The third kappa shape index (κ3) is 3.64. The minimum atomic E-state index is 0.0202. The van der Waals surface area contributed by atoms with Gasteiger partial charge in [-0.15, -0.1) is 6.58 Å². The minimum Gasteiger partial charge on any atom is -0.103 e. The first-order valence-electron chi connectivity index (χ1n) is 5.29. The van der Waals surface area contributed by atoms with E-state index in [-0.39, 0.29) is 7.92 Å². The predicted molar refractivity (Wildman–Crippen MR) is 67.8 cm³/mol. The van der Waals surface area contributed by atoms with Crippen molar-refractivity contribution in [3.8, 4) is 0 Å². The Hall–Kier alpha value is -0.610. The van der Waals surface area contributed by atoms with E-state index in [2.05, 4.69) is 49.9 Å². The van der Waals surface area contributed by atoms with Crippen LogP contribution in [0.1, 0.15) is 19.8 Å². The van der Waals surface area contributed by atoms with Crippen molar-refractivity contribution in [3.63, 3.8) is 0 Å². The van der Waals surface area contributed by atoms with E-state index in [0.717, 1.165) is 0 Å². The van der Waals surface area contributed by atoms with E-state index in [4.69, 9.17) is 0 Å². The summed E-state index contributed by atoms with van der Waals surface area (Å²) in [5, 5.41) is 1.52. The zero-order valence-electron chi connectivity index (χ0n) is 8.95. The van der Waals surface area contributed by atoms with Crippen molar-refractivity contribution in [1.82, 2.24) is 0 Å². The average Bonchev–Trinajstić information content (AvgIpc) is 2.25. The fraction of sp³-hybridized carbons (Fsp3) is 0.385. The lowest BCUT2D eigenvalue weighted by Gasteiger charge is -2.15. The van der Waals surface area contributed by atoms with E-state index in [1.165, 1.54) is 30.5 Å². The fourth-order valence-corrected chi connectivity index (χ4v) is 3.72. The Balaban J connectivity index is 2.62. The fourth-order valence-electron chi connectivity index (χ4n) is 1.47. The lowest BCUT2D eigenvalue weighted by atomic mass is 10.4. The molecule has 0 saturated carbocycles. The summed E-state index contributed by atoms with van der Waals surface area (Å²) in [6, 6.07) is 10.9. The molecule has 0 aliphatic carbocycles. The molecule has 1 rings (SSSR count). The third-order valence-corrected chi connectivity index (χ3v) is 4.84. The monoisotopic (exact) mass is 206 g/mol. The molecular weight excluding hydrogens is 187 g/mol. The van der Waals surface area contributed by atoms with Gasteiger partial charge in [-0.05, 0) is 24.0 Å². The van der Waals surface area contributed by atoms with Crippen molar-refractivity contribution in [2.75, 3.05) is 12.3 Å². The largest absolute Gasteiger partial charge is 0.103 e. The van der Waals surface area contributed by atoms with Crippen LogP contribution in [0.25, 0.3) is 0 Å². The van der Waals surface area contributed by atoms with Gasteiger partial charge >= 0.3 is 0 Å². The number of hydrogen-bond donors (Lipinski definition) is 0. The number of hydrogen-bond acceptors (Lipinski definition) is 0. The van der Waals surface area contributed by atoms with Crippen LogP contribution in [0.5, 0.6) is 0 Å². The second-order valence-electron chi connectivity index (χ2n) is 3.42. The summed E-state index contributed by atoms with van der Waals surface area (Å²) in [7, 11) is 0.0202. The van der Waals surface area contributed by atoms with Crippen LogP contribution in [-0.2, 0) is 0 Å². The molecule has 0 N–H and O–H groups in total. The van der Waals surface area contributed by atoms with Gasteiger partial charge in [-0.2, -0.15) is 0 Å². The molecule has 0 radical (unpaired) electrons. The highest BCUT2D eigenvalue weighted by Crippen LogP contribution is 2.35. The van der Waals surface area contributed by atoms with Gasteiger partial charge in [0.15, 0.2) is 0 Å². The van der Waals surface area contributed by atoms with Crippen molar-refractivity contribution in [2.45, 2.75) is 19.8 Å². The van der Waals surface area contributed by atoms with Gasteiger partial charge in [0, 0.05) is 0 Å². The van der Waals surface area contributed by atoms with Gasteiger partial charge in [-0.1, -0.05) is 57.7 Å². The summed E-state index contributed by atoms with van der Waals surface area (Å²) >= 11 is 0. The smallest absolute Gasteiger partial charge is 0.0107 e.